The van der Waals surface area contributed by atoms with Crippen molar-refractivity contribution in [1.29, 1.82) is 0 Å². The van der Waals surface area contributed by atoms with Crippen molar-refractivity contribution in [2.24, 2.45) is 0 Å². The van der Waals surface area contributed by atoms with Gasteiger partial charge in [-0.05, 0) is 50.2 Å². The first-order valence-corrected chi connectivity index (χ1v) is 11.4. The van der Waals surface area contributed by atoms with Gasteiger partial charge in [-0.25, -0.2) is 0 Å². The Morgan fingerprint density at radius 3 is 2.33 bits per heavy atom. The molecule has 1 heterocycles. The van der Waals surface area contributed by atoms with Crippen LogP contribution in [0.1, 0.15) is 35.6 Å². The molecule has 0 aliphatic heterocycles. The topological polar surface area (TPSA) is 118 Å². The van der Waals surface area contributed by atoms with E-state index in [1.54, 1.807) is 30.3 Å². The lowest BCUT2D eigenvalue weighted by Gasteiger charge is -2.09. The highest BCUT2D eigenvalue weighted by molar-refractivity contribution is 7.99. The molecule has 0 bridgehead atoms. The van der Waals surface area contributed by atoms with Crippen LogP contribution in [0.25, 0.3) is 0 Å². The Morgan fingerprint density at radius 1 is 1.00 bits per heavy atom. The summed E-state index contributed by atoms with van der Waals surface area (Å²) in [5.41, 5.74) is 2.90. The molecule has 0 aliphatic carbocycles. The standard InChI is InChI=1S/C23H26N6O3S/c1-4-29-20(13-24-22(32)17-7-5-6-15(2)12-17)27-28-23(29)33-14-21(31)26-19-10-8-18(9-11-19)25-16(3)30/h5-12H,4,13-14H2,1-3H3,(H,24,32)(H,25,30)(H,26,31). The van der Waals surface area contributed by atoms with Crippen molar-refractivity contribution in [3.05, 3.63) is 65.5 Å². The Bertz CT molecular complexity index is 1140. The molecule has 0 radical (unpaired) electrons. The molecule has 0 atom stereocenters. The predicted molar refractivity (Wildman–Crippen MR) is 128 cm³/mol. The number of aromatic nitrogens is 3. The van der Waals surface area contributed by atoms with Gasteiger partial charge in [0.05, 0.1) is 12.3 Å². The van der Waals surface area contributed by atoms with Crippen LogP contribution >= 0.6 is 11.8 Å². The van der Waals surface area contributed by atoms with E-state index < -0.39 is 0 Å². The number of anilines is 2. The van der Waals surface area contributed by atoms with E-state index in [-0.39, 0.29) is 30.0 Å². The third-order valence-electron chi connectivity index (χ3n) is 4.62. The number of amides is 3. The zero-order chi connectivity index (χ0) is 23.8. The van der Waals surface area contributed by atoms with Crippen LogP contribution in [0.2, 0.25) is 0 Å². The van der Waals surface area contributed by atoms with Crippen LogP contribution in [0.3, 0.4) is 0 Å². The monoisotopic (exact) mass is 466 g/mol. The molecule has 33 heavy (non-hydrogen) atoms. The number of rotatable bonds is 9. The fourth-order valence-corrected chi connectivity index (χ4v) is 3.91. The van der Waals surface area contributed by atoms with E-state index in [1.807, 2.05) is 36.6 Å². The number of nitrogens with one attached hydrogen (secondary N) is 3. The minimum absolute atomic E-state index is 0.154. The summed E-state index contributed by atoms with van der Waals surface area (Å²) in [6.07, 6.45) is 0. The molecule has 0 fully saturated rings. The highest BCUT2D eigenvalue weighted by atomic mass is 32.2. The van der Waals surface area contributed by atoms with Gasteiger partial charge in [-0.2, -0.15) is 0 Å². The molecule has 0 saturated carbocycles. The van der Waals surface area contributed by atoms with Gasteiger partial charge in [0.2, 0.25) is 11.8 Å². The van der Waals surface area contributed by atoms with Crippen molar-refractivity contribution in [2.45, 2.75) is 39.0 Å². The molecular formula is C23H26N6O3S. The Morgan fingerprint density at radius 2 is 1.70 bits per heavy atom. The third kappa shape index (κ3) is 6.91. The molecule has 0 unspecified atom stereocenters. The predicted octanol–water partition coefficient (Wildman–Crippen LogP) is 3.23. The molecule has 172 valence electrons. The average Bonchev–Trinajstić information content (AvgIpc) is 3.18. The number of nitrogens with zero attached hydrogens (tertiary/aromatic N) is 3. The normalized spacial score (nSPS) is 10.5. The SMILES string of the molecule is CCn1c(CNC(=O)c2cccc(C)c2)nnc1SCC(=O)Nc1ccc(NC(C)=O)cc1. The first-order chi connectivity index (χ1) is 15.9. The fourth-order valence-electron chi connectivity index (χ4n) is 3.09. The molecule has 0 saturated heterocycles. The van der Waals surface area contributed by atoms with Crippen LogP contribution in [0, 0.1) is 6.92 Å². The van der Waals surface area contributed by atoms with Crippen molar-refractivity contribution in [1.82, 2.24) is 20.1 Å². The van der Waals surface area contributed by atoms with Crippen LogP contribution in [-0.4, -0.2) is 38.2 Å². The summed E-state index contributed by atoms with van der Waals surface area (Å²) < 4.78 is 1.87. The van der Waals surface area contributed by atoms with E-state index in [4.69, 9.17) is 0 Å². The van der Waals surface area contributed by atoms with Gasteiger partial charge in [-0.1, -0.05) is 29.5 Å². The second-order valence-corrected chi connectivity index (χ2v) is 8.23. The van der Waals surface area contributed by atoms with Gasteiger partial charge in [0.1, 0.15) is 0 Å². The summed E-state index contributed by atoms with van der Waals surface area (Å²) in [6.45, 7) is 6.17. The van der Waals surface area contributed by atoms with E-state index in [0.717, 1.165) is 5.56 Å². The van der Waals surface area contributed by atoms with Crippen LogP contribution in [0.5, 0.6) is 0 Å². The van der Waals surface area contributed by atoms with Gasteiger partial charge < -0.3 is 20.5 Å². The van der Waals surface area contributed by atoms with Gasteiger partial charge in [0.25, 0.3) is 5.91 Å². The number of carbonyl (C=O) groups is 3. The van der Waals surface area contributed by atoms with E-state index in [1.165, 1.54) is 18.7 Å². The van der Waals surface area contributed by atoms with Crippen LogP contribution in [-0.2, 0) is 22.7 Å². The lowest BCUT2D eigenvalue weighted by molar-refractivity contribution is -0.114. The number of aryl methyl sites for hydroxylation is 1. The maximum atomic E-state index is 12.4. The number of hydrogen-bond donors (Lipinski definition) is 3. The maximum absolute atomic E-state index is 12.4. The van der Waals surface area contributed by atoms with Crippen molar-refractivity contribution in [2.75, 3.05) is 16.4 Å². The molecule has 0 aliphatic rings. The van der Waals surface area contributed by atoms with Crippen molar-refractivity contribution in [3.63, 3.8) is 0 Å². The van der Waals surface area contributed by atoms with Gasteiger partial charge >= 0.3 is 0 Å². The summed E-state index contributed by atoms with van der Waals surface area (Å²) in [4.78, 5) is 35.8. The minimum Gasteiger partial charge on any atom is -0.345 e. The Kier molecular flexibility index (Phi) is 8.20. The van der Waals surface area contributed by atoms with Crippen LogP contribution in [0.15, 0.2) is 53.7 Å². The van der Waals surface area contributed by atoms with E-state index >= 15 is 0 Å². The summed E-state index contributed by atoms with van der Waals surface area (Å²) >= 11 is 1.27. The van der Waals surface area contributed by atoms with Gasteiger partial charge in [0, 0.05) is 30.4 Å². The Labute approximate surface area is 196 Å². The van der Waals surface area contributed by atoms with Crippen molar-refractivity contribution < 1.29 is 14.4 Å². The maximum Gasteiger partial charge on any atom is 0.251 e. The van der Waals surface area contributed by atoms with Crippen molar-refractivity contribution in [3.8, 4) is 0 Å². The van der Waals surface area contributed by atoms with Gasteiger partial charge in [-0.3, -0.25) is 14.4 Å². The molecule has 3 rings (SSSR count). The molecule has 9 nitrogen and oxygen atoms in total. The zero-order valence-electron chi connectivity index (χ0n) is 18.7. The first kappa shape index (κ1) is 24.0. The summed E-state index contributed by atoms with van der Waals surface area (Å²) in [6, 6.07) is 14.2. The number of thioether (sulfide) groups is 1. The lowest BCUT2D eigenvalue weighted by Crippen LogP contribution is -2.25. The highest BCUT2D eigenvalue weighted by Gasteiger charge is 2.15. The first-order valence-electron chi connectivity index (χ1n) is 10.4. The second-order valence-electron chi connectivity index (χ2n) is 7.29. The van der Waals surface area contributed by atoms with Gasteiger partial charge in [-0.15, -0.1) is 10.2 Å². The molecule has 0 spiro atoms. The molecule has 3 N–H and O–H groups in total. The molecule has 1 aromatic heterocycles. The second kappa shape index (κ2) is 11.3. The highest BCUT2D eigenvalue weighted by Crippen LogP contribution is 2.19. The van der Waals surface area contributed by atoms with E-state index in [2.05, 4.69) is 26.1 Å². The third-order valence-corrected chi connectivity index (χ3v) is 5.59. The molecule has 3 amide bonds. The Balaban J connectivity index is 1.53. The molecular weight excluding hydrogens is 440 g/mol. The van der Waals surface area contributed by atoms with E-state index in [0.29, 0.717) is 34.5 Å². The summed E-state index contributed by atoms with van der Waals surface area (Å²) in [5, 5.41) is 17.3. The number of carbonyl (C=O) groups excluding carboxylic acids is 3. The fraction of sp³-hybridized carbons (Fsp3) is 0.261. The smallest absolute Gasteiger partial charge is 0.251 e. The quantitative estimate of drug-likeness (QED) is 0.417. The molecule has 2 aromatic carbocycles. The number of hydrogen-bond acceptors (Lipinski definition) is 6. The van der Waals surface area contributed by atoms with E-state index in [9.17, 15) is 14.4 Å². The summed E-state index contributed by atoms with van der Waals surface area (Å²) in [7, 11) is 0. The van der Waals surface area contributed by atoms with Crippen LogP contribution < -0.4 is 16.0 Å². The molecule has 3 aromatic rings. The zero-order valence-corrected chi connectivity index (χ0v) is 19.5. The van der Waals surface area contributed by atoms with Crippen LogP contribution in [0.4, 0.5) is 11.4 Å². The number of benzene rings is 2. The lowest BCUT2D eigenvalue weighted by atomic mass is 10.1. The largest absolute Gasteiger partial charge is 0.345 e. The summed E-state index contributed by atoms with van der Waals surface area (Å²) in [5.74, 6) is 0.253. The average molecular weight is 467 g/mol. The Hall–Kier alpha value is -3.66. The van der Waals surface area contributed by atoms with Crippen molar-refractivity contribution >= 4 is 40.9 Å². The molecule has 10 heteroatoms. The minimum atomic E-state index is -0.188. The van der Waals surface area contributed by atoms with Gasteiger partial charge in [0.15, 0.2) is 11.0 Å².